The first-order valence-electron chi connectivity index (χ1n) is 9.26. The number of nitrogens with one attached hydrogen (secondary N) is 1. The van der Waals surface area contributed by atoms with Crippen molar-refractivity contribution in [2.24, 2.45) is 0 Å². The van der Waals surface area contributed by atoms with Crippen molar-refractivity contribution < 1.29 is 19.1 Å². The highest BCUT2D eigenvalue weighted by atomic mass is 35.5. The Morgan fingerprint density at radius 2 is 1.80 bits per heavy atom. The summed E-state index contributed by atoms with van der Waals surface area (Å²) >= 11 is 7.52. The molecule has 156 valence electrons. The van der Waals surface area contributed by atoms with Gasteiger partial charge in [-0.15, -0.1) is 11.3 Å². The Bertz CT molecular complexity index is 1100. The molecule has 1 N–H and O–H groups in total. The molecule has 1 heterocycles. The predicted molar refractivity (Wildman–Crippen MR) is 118 cm³/mol. The molecule has 0 spiro atoms. The third-order valence-corrected chi connectivity index (χ3v) is 6.26. The molecular weight excluding hydrogens is 424 g/mol. The summed E-state index contributed by atoms with van der Waals surface area (Å²) in [6.07, 6.45) is 0. The van der Waals surface area contributed by atoms with Gasteiger partial charge in [0.05, 0.1) is 5.02 Å². The summed E-state index contributed by atoms with van der Waals surface area (Å²) in [6.45, 7) is 1.66. The fourth-order valence-corrected chi connectivity index (χ4v) is 4.26. The standard InChI is InChI=1S/C22H21ClN2O4S/c1-14-7-3-4-8-15(14)12-25(2)18(26)13-29-19(27)11-24-22(28)21-20(23)16-9-5-6-10-17(16)30-21/h3-10H,11-13H2,1-2H3,(H,24,28). The van der Waals surface area contributed by atoms with Gasteiger partial charge in [-0.1, -0.05) is 54.1 Å². The molecule has 30 heavy (non-hydrogen) atoms. The zero-order chi connectivity index (χ0) is 21.7. The van der Waals surface area contributed by atoms with Gasteiger partial charge in [0.15, 0.2) is 6.61 Å². The van der Waals surface area contributed by atoms with E-state index in [0.29, 0.717) is 16.4 Å². The molecule has 0 aliphatic rings. The number of aryl methyl sites for hydroxylation is 1. The molecule has 6 nitrogen and oxygen atoms in total. The highest BCUT2D eigenvalue weighted by molar-refractivity contribution is 7.21. The minimum Gasteiger partial charge on any atom is -0.454 e. The molecule has 1 aromatic heterocycles. The SMILES string of the molecule is Cc1ccccc1CN(C)C(=O)COC(=O)CNC(=O)c1sc2ccccc2c1Cl. The molecule has 8 heteroatoms. The number of likely N-dealkylation sites (N-methyl/N-ethyl adjacent to an activating group) is 1. The third kappa shape index (κ3) is 5.17. The van der Waals surface area contributed by atoms with Gasteiger partial charge in [0.1, 0.15) is 11.4 Å². The Morgan fingerprint density at radius 1 is 1.10 bits per heavy atom. The topological polar surface area (TPSA) is 75.7 Å². The van der Waals surface area contributed by atoms with E-state index in [-0.39, 0.29) is 19.1 Å². The number of ether oxygens (including phenoxy) is 1. The van der Waals surface area contributed by atoms with E-state index in [4.69, 9.17) is 16.3 Å². The fourth-order valence-electron chi connectivity index (χ4n) is 2.83. The van der Waals surface area contributed by atoms with E-state index in [1.165, 1.54) is 16.2 Å². The maximum atomic E-state index is 12.4. The quantitative estimate of drug-likeness (QED) is 0.562. The number of rotatable bonds is 7. The van der Waals surface area contributed by atoms with E-state index in [1.54, 1.807) is 7.05 Å². The maximum absolute atomic E-state index is 12.4. The number of nitrogens with zero attached hydrogens (tertiary/aromatic N) is 1. The summed E-state index contributed by atoms with van der Waals surface area (Å²) in [5.41, 5.74) is 2.10. The number of hydrogen-bond donors (Lipinski definition) is 1. The van der Waals surface area contributed by atoms with Crippen molar-refractivity contribution in [2.45, 2.75) is 13.5 Å². The molecule has 0 fully saturated rings. The molecule has 0 saturated carbocycles. The van der Waals surface area contributed by atoms with Gasteiger partial charge < -0.3 is 15.0 Å². The van der Waals surface area contributed by atoms with Crippen LogP contribution < -0.4 is 5.32 Å². The molecule has 3 rings (SSSR count). The van der Waals surface area contributed by atoms with E-state index >= 15 is 0 Å². The number of thiophene rings is 1. The van der Waals surface area contributed by atoms with Crippen molar-refractivity contribution in [2.75, 3.05) is 20.2 Å². The summed E-state index contributed by atoms with van der Waals surface area (Å²) in [5, 5.41) is 3.64. The first-order valence-corrected chi connectivity index (χ1v) is 10.5. The van der Waals surface area contributed by atoms with Crippen molar-refractivity contribution in [3.63, 3.8) is 0 Å². The lowest BCUT2D eigenvalue weighted by atomic mass is 10.1. The molecule has 2 amide bonds. The first kappa shape index (κ1) is 21.8. The second-order valence-electron chi connectivity index (χ2n) is 6.76. The zero-order valence-corrected chi connectivity index (χ0v) is 18.2. The third-order valence-electron chi connectivity index (χ3n) is 4.59. The number of halogens is 1. The number of benzene rings is 2. The molecular formula is C22H21ClN2O4S. The molecule has 0 saturated heterocycles. The van der Waals surface area contributed by atoms with E-state index < -0.39 is 11.9 Å². The van der Waals surface area contributed by atoms with Gasteiger partial charge in [0.2, 0.25) is 0 Å². The van der Waals surface area contributed by atoms with E-state index in [2.05, 4.69) is 5.32 Å². The van der Waals surface area contributed by atoms with E-state index in [0.717, 1.165) is 21.2 Å². The number of fused-ring (bicyclic) bond motifs is 1. The number of carbonyl (C=O) groups is 3. The molecule has 0 unspecified atom stereocenters. The monoisotopic (exact) mass is 444 g/mol. The summed E-state index contributed by atoms with van der Waals surface area (Å²) in [5.74, 6) is -1.48. The Kier molecular flexibility index (Phi) is 7.07. The van der Waals surface area contributed by atoms with Gasteiger partial charge in [-0.2, -0.15) is 0 Å². The lowest BCUT2D eigenvalue weighted by molar-refractivity contribution is -0.150. The van der Waals surface area contributed by atoms with Crippen LogP contribution >= 0.6 is 22.9 Å². The van der Waals surface area contributed by atoms with Gasteiger partial charge >= 0.3 is 5.97 Å². The number of carbonyl (C=O) groups excluding carboxylic acids is 3. The molecule has 0 atom stereocenters. The Labute approximate surface area is 183 Å². The first-order chi connectivity index (χ1) is 14.4. The average Bonchev–Trinajstić information content (AvgIpc) is 3.08. The summed E-state index contributed by atoms with van der Waals surface area (Å²) in [7, 11) is 1.65. The normalized spacial score (nSPS) is 10.6. The number of hydrogen-bond acceptors (Lipinski definition) is 5. The van der Waals surface area contributed by atoms with Crippen molar-refractivity contribution in [1.82, 2.24) is 10.2 Å². The Hall–Kier alpha value is -2.90. The maximum Gasteiger partial charge on any atom is 0.325 e. The van der Waals surface area contributed by atoms with Gasteiger partial charge in [0.25, 0.3) is 11.8 Å². The lowest BCUT2D eigenvalue weighted by Gasteiger charge is -2.18. The molecule has 3 aromatic rings. The Balaban J connectivity index is 1.47. The largest absolute Gasteiger partial charge is 0.454 e. The predicted octanol–water partition coefficient (Wildman–Crippen LogP) is 3.79. The minimum absolute atomic E-state index is 0.328. The second kappa shape index (κ2) is 9.73. The van der Waals surface area contributed by atoms with Gasteiger partial charge in [0, 0.05) is 23.7 Å². The van der Waals surface area contributed by atoms with E-state index in [9.17, 15) is 14.4 Å². The fraction of sp³-hybridized carbons (Fsp3) is 0.227. The molecule has 0 aliphatic heterocycles. The van der Waals surface area contributed by atoms with Crippen LogP contribution in [0.1, 0.15) is 20.8 Å². The van der Waals surface area contributed by atoms with Crippen molar-refractivity contribution in [3.8, 4) is 0 Å². The zero-order valence-electron chi connectivity index (χ0n) is 16.6. The molecule has 0 aliphatic carbocycles. The van der Waals surface area contributed by atoms with Gasteiger partial charge in [-0.05, 0) is 24.1 Å². The number of amides is 2. The minimum atomic E-state index is -0.696. The van der Waals surface area contributed by atoms with E-state index in [1.807, 2.05) is 55.5 Å². The Morgan fingerprint density at radius 3 is 2.53 bits per heavy atom. The van der Waals surface area contributed by atoms with Crippen LogP contribution in [0.3, 0.4) is 0 Å². The van der Waals surface area contributed by atoms with Crippen LogP contribution in [-0.2, 0) is 20.9 Å². The lowest BCUT2D eigenvalue weighted by Crippen LogP contribution is -2.34. The van der Waals surface area contributed by atoms with Crippen LogP contribution in [0.4, 0.5) is 0 Å². The molecule has 2 aromatic carbocycles. The number of esters is 1. The van der Waals surface area contributed by atoms with Crippen LogP contribution in [0.15, 0.2) is 48.5 Å². The van der Waals surface area contributed by atoms with Crippen LogP contribution in [0.2, 0.25) is 5.02 Å². The molecule has 0 bridgehead atoms. The average molecular weight is 445 g/mol. The van der Waals surface area contributed by atoms with Crippen molar-refractivity contribution in [3.05, 3.63) is 69.6 Å². The van der Waals surface area contributed by atoms with Crippen LogP contribution in [0, 0.1) is 6.92 Å². The summed E-state index contributed by atoms with van der Waals surface area (Å²) < 4.78 is 5.88. The van der Waals surface area contributed by atoms with Crippen LogP contribution in [0.5, 0.6) is 0 Å². The highest BCUT2D eigenvalue weighted by Gasteiger charge is 2.18. The van der Waals surface area contributed by atoms with Gasteiger partial charge in [-0.25, -0.2) is 0 Å². The highest BCUT2D eigenvalue weighted by Crippen LogP contribution is 2.34. The second-order valence-corrected chi connectivity index (χ2v) is 8.19. The summed E-state index contributed by atoms with van der Waals surface area (Å²) in [6, 6.07) is 15.2. The van der Waals surface area contributed by atoms with Crippen LogP contribution in [-0.4, -0.2) is 42.9 Å². The van der Waals surface area contributed by atoms with Crippen molar-refractivity contribution >= 4 is 50.8 Å². The summed E-state index contributed by atoms with van der Waals surface area (Å²) in [4.78, 5) is 38.3. The van der Waals surface area contributed by atoms with Crippen molar-refractivity contribution in [1.29, 1.82) is 0 Å². The van der Waals surface area contributed by atoms with Gasteiger partial charge in [-0.3, -0.25) is 14.4 Å². The smallest absolute Gasteiger partial charge is 0.325 e. The van der Waals surface area contributed by atoms with Crippen LogP contribution in [0.25, 0.3) is 10.1 Å². The molecule has 0 radical (unpaired) electrons.